The standard InChI is InChI=1S/C29H20F7N5O5S/c1-14-3-9-18(23(44-2)28(31,32)33)21(11-14)41-22(42)13-47-27(41)39-26(43)37-20-10-6-16(12-19(20)30)25-38-24(40-46-25)15-4-7-17(8-5-15)45-29(34,35)36/h3-12,23H,13H2,1-2H3,(H,37,43). The molecule has 3 aromatic carbocycles. The quantitative estimate of drug-likeness (QED) is 0.197. The van der Waals surface area contributed by atoms with Crippen molar-refractivity contribution >= 4 is 40.2 Å². The summed E-state index contributed by atoms with van der Waals surface area (Å²) in [6.45, 7) is 1.61. The van der Waals surface area contributed by atoms with Crippen molar-refractivity contribution in [3.8, 4) is 28.6 Å². The zero-order valence-corrected chi connectivity index (χ0v) is 24.8. The van der Waals surface area contributed by atoms with Crippen molar-refractivity contribution in [2.75, 3.05) is 23.1 Å². The number of amidine groups is 1. The molecule has 5 rings (SSSR count). The number of hydrogen-bond donors (Lipinski definition) is 1. The fraction of sp³-hybridized carbons (Fsp3) is 0.207. The Morgan fingerprint density at radius 2 is 1.74 bits per heavy atom. The van der Waals surface area contributed by atoms with E-state index in [9.17, 15) is 35.9 Å². The van der Waals surface area contributed by atoms with E-state index in [0.29, 0.717) is 5.56 Å². The van der Waals surface area contributed by atoms with Crippen molar-refractivity contribution in [1.29, 1.82) is 0 Å². The largest absolute Gasteiger partial charge is 0.573 e. The molecule has 1 saturated heterocycles. The van der Waals surface area contributed by atoms with Gasteiger partial charge in [-0.3, -0.25) is 9.69 Å². The van der Waals surface area contributed by atoms with E-state index in [1.807, 2.05) is 0 Å². The van der Waals surface area contributed by atoms with Crippen LogP contribution in [0.3, 0.4) is 0 Å². The third kappa shape index (κ3) is 7.71. The molecule has 1 unspecified atom stereocenters. The summed E-state index contributed by atoms with van der Waals surface area (Å²) in [6, 6.07) is 10.9. The van der Waals surface area contributed by atoms with Crippen molar-refractivity contribution in [1.82, 2.24) is 10.1 Å². The molecule has 0 saturated carbocycles. The molecule has 3 amide bonds. The predicted octanol–water partition coefficient (Wildman–Crippen LogP) is 7.67. The molecule has 1 fully saturated rings. The third-order valence-corrected chi connectivity index (χ3v) is 7.36. The first-order valence-electron chi connectivity index (χ1n) is 13.2. The van der Waals surface area contributed by atoms with Gasteiger partial charge in [0.25, 0.3) is 5.89 Å². The molecular formula is C29H20F7N5O5S. The van der Waals surface area contributed by atoms with Crippen LogP contribution in [-0.2, 0) is 9.53 Å². The Labute approximate surface area is 264 Å². The maximum atomic E-state index is 15.0. The highest BCUT2D eigenvalue weighted by Crippen LogP contribution is 2.42. The molecule has 246 valence electrons. The first-order valence-corrected chi connectivity index (χ1v) is 14.2. The molecule has 1 aliphatic heterocycles. The monoisotopic (exact) mass is 683 g/mol. The van der Waals surface area contributed by atoms with Gasteiger partial charge in [0, 0.05) is 23.8 Å². The van der Waals surface area contributed by atoms with Crippen LogP contribution in [0.15, 0.2) is 70.2 Å². The summed E-state index contributed by atoms with van der Waals surface area (Å²) >= 11 is 0.806. The number of carbonyl (C=O) groups excluding carboxylic acids is 2. The van der Waals surface area contributed by atoms with Crippen molar-refractivity contribution in [2.24, 2.45) is 4.99 Å². The van der Waals surface area contributed by atoms with Gasteiger partial charge in [-0.25, -0.2) is 9.18 Å². The topological polar surface area (TPSA) is 119 Å². The van der Waals surface area contributed by atoms with Crippen LogP contribution < -0.4 is 15.0 Å². The number of rotatable bonds is 7. The second-order valence-electron chi connectivity index (χ2n) is 9.75. The summed E-state index contributed by atoms with van der Waals surface area (Å²) in [6.07, 6.45) is -12.0. The van der Waals surface area contributed by atoms with E-state index in [-0.39, 0.29) is 50.7 Å². The lowest BCUT2D eigenvalue weighted by Crippen LogP contribution is -2.33. The molecule has 1 aromatic heterocycles. The Kier molecular flexibility index (Phi) is 9.26. The minimum Gasteiger partial charge on any atom is -0.406 e. The molecule has 1 aliphatic rings. The summed E-state index contributed by atoms with van der Waals surface area (Å²) < 4.78 is 107. The molecule has 47 heavy (non-hydrogen) atoms. The van der Waals surface area contributed by atoms with Crippen LogP contribution in [0.2, 0.25) is 0 Å². The highest BCUT2D eigenvalue weighted by molar-refractivity contribution is 8.15. The van der Waals surface area contributed by atoms with Crippen LogP contribution in [0.25, 0.3) is 22.8 Å². The number of alkyl halides is 6. The van der Waals surface area contributed by atoms with E-state index >= 15 is 4.39 Å². The van der Waals surface area contributed by atoms with E-state index in [2.05, 4.69) is 29.9 Å². The number of urea groups is 1. The average molecular weight is 684 g/mol. The Balaban J connectivity index is 1.33. The molecule has 0 aliphatic carbocycles. The maximum Gasteiger partial charge on any atom is 0.573 e. The van der Waals surface area contributed by atoms with Crippen LogP contribution in [0.4, 0.5) is 46.9 Å². The molecule has 0 spiro atoms. The Morgan fingerprint density at radius 1 is 1.04 bits per heavy atom. The normalized spacial score (nSPS) is 15.3. The zero-order chi connectivity index (χ0) is 34.1. The minimum absolute atomic E-state index is 0.0100. The van der Waals surface area contributed by atoms with Gasteiger partial charge in [-0.05, 0) is 61.0 Å². The molecule has 1 N–H and O–H groups in total. The Morgan fingerprint density at radius 3 is 2.38 bits per heavy atom. The number of nitrogens with one attached hydrogen (secondary N) is 1. The fourth-order valence-corrected chi connectivity index (χ4v) is 5.29. The number of aliphatic imine (C=N–C) groups is 1. The van der Waals surface area contributed by atoms with Gasteiger partial charge in [0.05, 0.1) is 17.1 Å². The van der Waals surface area contributed by atoms with Gasteiger partial charge in [0.1, 0.15) is 11.6 Å². The minimum atomic E-state index is -4.86. The number of carbonyl (C=O) groups is 2. The van der Waals surface area contributed by atoms with Crippen LogP contribution in [0.5, 0.6) is 5.75 Å². The van der Waals surface area contributed by atoms with E-state index in [1.165, 1.54) is 36.4 Å². The number of benzene rings is 3. The van der Waals surface area contributed by atoms with E-state index < -0.39 is 42.1 Å². The molecule has 10 nitrogen and oxygen atoms in total. The summed E-state index contributed by atoms with van der Waals surface area (Å²) in [5.41, 5.74) is 0.0258. The average Bonchev–Trinajstić information content (AvgIpc) is 3.61. The van der Waals surface area contributed by atoms with Crippen LogP contribution in [0.1, 0.15) is 17.2 Å². The van der Waals surface area contributed by atoms with E-state index in [1.54, 1.807) is 6.92 Å². The molecule has 2 heterocycles. The van der Waals surface area contributed by atoms with Crippen molar-refractivity contribution in [2.45, 2.75) is 25.6 Å². The lowest BCUT2D eigenvalue weighted by molar-refractivity contribution is -0.274. The fourth-order valence-electron chi connectivity index (χ4n) is 4.43. The van der Waals surface area contributed by atoms with Gasteiger partial charge in [-0.1, -0.05) is 29.1 Å². The number of thioether (sulfide) groups is 1. The van der Waals surface area contributed by atoms with Crippen LogP contribution in [0, 0.1) is 12.7 Å². The highest BCUT2D eigenvalue weighted by atomic mass is 32.2. The molecular weight excluding hydrogens is 663 g/mol. The highest BCUT2D eigenvalue weighted by Gasteiger charge is 2.44. The molecule has 4 aromatic rings. The number of halogens is 7. The smallest absolute Gasteiger partial charge is 0.406 e. The van der Waals surface area contributed by atoms with Gasteiger partial charge in [-0.15, -0.1) is 13.2 Å². The van der Waals surface area contributed by atoms with Crippen molar-refractivity contribution in [3.63, 3.8) is 0 Å². The number of amides is 3. The molecule has 1 atom stereocenters. The van der Waals surface area contributed by atoms with Crippen molar-refractivity contribution < 1.29 is 54.3 Å². The lowest BCUT2D eigenvalue weighted by atomic mass is 10.0. The summed E-state index contributed by atoms with van der Waals surface area (Å²) in [5, 5.41) is 5.73. The Bertz CT molecular complexity index is 1840. The first-order chi connectivity index (χ1) is 22.1. The van der Waals surface area contributed by atoms with E-state index in [4.69, 9.17) is 4.52 Å². The number of aromatic nitrogens is 2. The van der Waals surface area contributed by atoms with E-state index in [0.717, 1.165) is 48.0 Å². The Hall–Kier alpha value is -4.97. The van der Waals surface area contributed by atoms with Gasteiger partial charge in [0.2, 0.25) is 11.7 Å². The predicted molar refractivity (Wildman–Crippen MR) is 155 cm³/mol. The first kappa shape index (κ1) is 33.4. The van der Waals surface area contributed by atoms with Crippen LogP contribution >= 0.6 is 11.8 Å². The summed E-state index contributed by atoms with van der Waals surface area (Å²) in [7, 11) is 0.876. The second kappa shape index (κ2) is 13.0. The molecule has 0 radical (unpaired) electrons. The number of aryl methyl sites for hydroxylation is 1. The van der Waals surface area contributed by atoms with Gasteiger partial charge < -0.3 is 19.3 Å². The summed E-state index contributed by atoms with van der Waals surface area (Å²) in [4.78, 5) is 34.4. The number of anilines is 2. The number of methoxy groups -OCH3 is 1. The SMILES string of the molecule is COC(c1ccc(C)cc1N1C(=O)CSC1=NC(=O)Nc1ccc(-c2nc(-c3ccc(OC(F)(F)F)cc3)no2)cc1F)C(F)(F)F. The second-order valence-corrected chi connectivity index (χ2v) is 10.7. The number of ether oxygens (including phenoxy) is 2. The molecule has 0 bridgehead atoms. The van der Waals surface area contributed by atoms with Crippen LogP contribution in [-0.4, -0.2) is 52.6 Å². The maximum absolute atomic E-state index is 15.0. The summed E-state index contributed by atoms with van der Waals surface area (Å²) in [5.74, 6) is -2.42. The van der Waals surface area contributed by atoms with Crippen molar-refractivity contribution in [3.05, 3.63) is 77.6 Å². The third-order valence-electron chi connectivity index (χ3n) is 6.43. The number of hydrogen-bond acceptors (Lipinski definition) is 8. The lowest BCUT2D eigenvalue weighted by Gasteiger charge is -2.26. The molecule has 18 heteroatoms. The number of nitrogens with zero attached hydrogens (tertiary/aromatic N) is 4. The van der Waals surface area contributed by atoms with Gasteiger partial charge in [0.15, 0.2) is 11.3 Å². The zero-order valence-electron chi connectivity index (χ0n) is 23.9. The van der Waals surface area contributed by atoms with Gasteiger partial charge in [-0.2, -0.15) is 23.1 Å². The van der Waals surface area contributed by atoms with Gasteiger partial charge >= 0.3 is 18.6 Å².